The van der Waals surface area contributed by atoms with Crippen LogP contribution in [-0.2, 0) is 0 Å². The van der Waals surface area contributed by atoms with Gasteiger partial charge in [0.2, 0.25) is 0 Å². The topological polar surface area (TPSA) is 56.9 Å². The Morgan fingerprint density at radius 3 is 2.84 bits per heavy atom. The predicted molar refractivity (Wildman–Crippen MR) is 75.7 cm³/mol. The highest BCUT2D eigenvalue weighted by atomic mass is 35.5. The van der Waals surface area contributed by atoms with Crippen LogP contribution in [0.4, 0.5) is 0 Å². The molecule has 0 fully saturated rings. The van der Waals surface area contributed by atoms with Crippen LogP contribution in [0.25, 0.3) is 10.9 Å². The smallest absolute Gasteiger partial charge is 0.0994 e. The van der Waals surface area contributed by atoms with E-state index in [0.29, 0.717) is 22.5 Å². The molecular weight excluding hydrogens is 260 g/mol. The van der Waals surface area contributed by atoms with E-state index in [-0.39, 0.29) is 0 Å². The van der Waals surface area contributed by atoms with E-state index in [2.05, 4.69) is 11.1 Å². The minimum Gasteiger partial charge on any atom is -0.387 e. The molecule has 0 spiro atoms. The normalized spacial score (nSPS) is 15.7. The summed E-state index contributed by atoms with van der Waals surface area (Å²) in [6.45, 7) is 3.64. The molecule has 0 saturated carbocycles. The number of pyridine rings is 1. The standard InChI is InChI=1S/C15H15ClN2O/c1-3-15(2,9-17)14(19)11-6-7-12(16)10-5-4-8-18-13(10)11/h4-8,14,19H,3H2,1-2H3. The van der Waals surface area contributed by atoms with Crippen molar-refractivity contribution in [3.63, 3.8) is 0 Å². The summed E-state index contributed by atoms with van der Waals surface area (Å²) in [6.07, 6.45) is 1.32. The minimum atomic E-state index is -0.892. The number of aliphatic hydroxyl groups excluding tert-OH is 1. The Morgan fingerprint density at radius 2 is 2.21 bits per heavy atom. The summed E-state index contributed by atoms with van der Waals surface area (Å²) in [5.74, 6) is 0. The SMILES string of the molecule is CCC(C)(C#N)C(O)c1ccc(Cl)c2cccnc12. The molecule has 1 N–H and O–H groups in total. The van der Waals surface area contributed by atoms with Gasteiger partial charge in [0.25, 0.3) is 0 Å². The molecule has 19 heavy (non-hydrogen) atoms. The van der Waals surface area contributed by atoms with Gasteiger partial charge in [-0.05, 0) is 31.5 Å². The third kappa shape index (κ3) is 2.30. The highest BCUT2D eigenvalue weighted by Crippen LogP contribution is 2.39. The largest absolute Gasteiger partial charge is 0.387 e. The van der Waals surface area contributed by atoms with Crippen LogP contribution in [0.5, 0.6) is 0 Å². The Hall–Kier alpha value is -1.63. The van der Waals surface area contributed by atoms with Crippen LogP contribution in [0.3, 0.4) is 0 Å². The van der Waals surface area contributed by atoms with Gasteiger partial charge in [0, 0.05) is 22.2 Å². The van der Waals surface area contributed by atoms with E-state index in [1.165, 1.54) is 0 Å². The average molecular weight is 275 g/mol. The van der Waals surface area contributed by atoms with Crippen molar-refractivity contribution in [1.29, 1.82) is 5.26 Å². The lowest BCUT2D eigenvalue weighted by atomic mass is 9.79. The first-order chi connectivity index (χ1) is 9.03. The summed E-state index contributed by atoms with van der Waals surface area (Å²) in [6, 6.07) is 9.33. The lowest BCUT2D eigenvalue weighted by molar-refractivity contribution is 0.0733. The van der Waals surface area contributed by atoms with Crippen LogP contribution < -0.4 is 0 Å². The molecule has 0 aliphatic heterocycles. The number of halogens is 1. The fourth-order valence-corrected chi connectivity index (χ4v) is 2.27. The van der Waals surface area contributed by atoms with Crippen molar-refractivity contribution in [1.82, 2.24) is 4.98 Å². The maximum Gasteiger partial charge on any atom is 0.0994 e. The number of aromatic nitrogens is 1. The van der Waals surface area contributed by atoms with Crippen LogP contribution in [0.1, 0.15) is 31.9 Å². The first-order valence-electron chi connectivity index (χ1n) is 6.16. The third-order valence-corrected chi connectivity index (χ3v) is 3.97. The second-order valence-electron chi connectivity index (χ2n) is 4.82. The number of nitriles is 1. The molecule has 0 amide bonds. The van der Waals surface area contributed by atoms with E-state index >= 15 is 0 Å². The second kappa shape index (κ2) is 5.16. The van der Waals surface area contributed by atoms with Gasteiger partial charge in [0.1, 0.15) is 0 Å². The second-order valence-corrected chi connectivity index (χ2v) is 5.23. The fourth-order valence-electron chi connectivity index (χ4n) is 2.06. The molecular formula is C15H15ClN2O. The Balaban J connectivity index is 2.65. The molecule has 3 nitrogen and oxygen atoms in total. The van der Waals surface area contributed by atoms with E-state index in [1.807, 2.05) is 13.0 Å². The zero-order chi connectivity index (χ0) is 14.0. The van der Waals surface area contributed by atoms with Gasteiger partial charge in [-0.3, -0.25) is 4.98 Å². The van der Waals surface area contributed by atoms with Crippen molar-refractivity contribution in [2.24, 2.45) is 5.41 Å². The van der Waals surface area contributed by atoms with E-state index in [9.17, 15) is 10.4 Å². The molecule has 1 aromatic carbocycles. The molecule has 0 aliphatic carbocycles. The molecule has 0 radical (unpaired) electrons. The summed E-state index contributed by atoms with van der Waals surface area (Å²) < 4.78 is 0. The van der Waals surface area contributed by atoms with E-state index in [1.54, 1.807) is 31.3 Å². The Bertz CT molecular complexity index is 650. The van der Waals surface area contributed by atoms with Gasteiger partial charge < -0.3 is 5.11 Å². The molecule has 2 aromatic rings. The first-order valence-corrected chi connectivity index (χ1v) is 6.53. The number of rotatable bonds is 3. The highest BCUT2D eigenvalue weighted by Gasteiger charge is 2.33. The zero-order valence-electron chi connectivity index (χ0n) is 10.9. The van der Waals surface area contributed by atoms with Gasteiger partial charge in [0.05, 0.1) is 23.1 Å². The average Bonchev–Trinajstić information content (AvgIpc) is 2.46. The molecule has 1 heterocycles. The van der Waals surface area contributed by atoms with Crippen LogP contribution >= 0.6 is 11.6 Å². The summed E-state index contributed by atoms with van der Waals surface area (Å²) in [5.41, 5.74) is 0.460. The van der Waals surface area contributed by atoms with E-state index in [0.717, 1.165) is 5.39 Å². The molecule has 4 heteroatoms. The number of hydrogen-bond acceptors (Lipinski definition) is 3. The van der Waals surface area contributed by atoms with Gasteiger partial charge in [0.15, 0.2) is 0 Å². The van der Waals surface area contributed by atoms with Crippen molar-refractivity contribution in [2.75, 3.05) is 0 Å². The van der Waals surface area contributed by atoms with Gasteiger partial charge in [-0.2, -0.15) is 5.26 Å². The molecule has 2 rings (SSSR count). The molecule has 2 unspecified atom stereocenters. The van der Waals surface area contributed by atoms with Crippen molar-refractivity contribution >= 4 is 22.5 Å². The fraction of sp³-hybridized carbons (Fsp3) is 0.333. The molecule has 0 aliphatic rings. The third-order valence-electron chi connectivity index (χ3n) is 3.64. The number of benzene rings is 1. The highest BCUT2D eigenvalue weighted by molar-refractivity contribution is 6.35. The summed E-state index contributed by atoms with van der Waals surface area (Å²) >= 11 is 6.13. The molecule has 2 atom stereocenters. The zero-order valence-corrected chi connectivity index (χ0v) is 11.6. The molecule has 0 bridgehead atoms. The lowest BCUT2D eigenvalue weighted by Crippen LogP contribution is -2.23. The van der Waals surface area contributed by atoms with Gasteiger partial charge in [-0.1, -0.05) is 24.6 Å². The number of aliphatic hydroxyl groups is 1. The Kier molecular flexibility index (Phi) is 3.75. The van der Waals surface area contributed by atoms with Crippen LogP contribution in [-0.4, -0.2) is 10.1 Å². The predicted octanol–water partition coefficient (Wildman–Crippen LogP) is 3.86. The summed E-state index contributed by atoms with van der Waals surface area (Å²) in [5, 5.41) is 21.2. The van der Waals surface area contributed by atoms with Gasteiger partial charge in [-0.25, -0.2) is 0 Å². The van der Waals surface area contributed by atoms with Crippen molar-refractivity contribution in [2.45, 2.75) is 26.4 Å². The Labute approximate surface area is 117 Å². The lowest BCUT2D eigenvalue weighted by Gasteiger charge is -2.27. The quantitative estimate of drug-likeness (QED) is 0.924. The van der Waals surface area contributed by atoms with Crippen molar-refractivity contribution < 1.29 is 5.11 Å². The van der Waals surface area contributed by atoms with Crippen molar-refractivity contribution in [3.05, 3.63) is 41.0 Å². The summed E-state index contributed by atoms with van der Waals surface area (Å²) in [7, 11) is 0. The van der Waals surface area contributed by atoms with Crippen LogP contribution in [0.15, 0.2) is 30.5 Å². The number of fused-ring (bicyclic) bond motifs is 1. The van der Waals surface area contributed by atoms with E-state index in [4.69, 9.17) is 11.6 Å². The molecule has 0 saturated heterocycles. The van der Waals surface area contributed by atoms with Crippen molar-refractivity contribution in [3.8, 4) is 6.07 Å². The number of nitrogens with zero attached hydrogens (tertiary/aromatic N) is 2. The molecule has 98 valence electrons. The first kappa shape index (κ1) is 13.8. The minimum absolute atomic E-state index is 0.557. The Morgan fingerprint density at radius 1 is 1.47 bits per heavy atom. The maximum atomic E-state index is 10.5. The van der Waals surface area contributed by atoms with Gasteiger partial charge >= 0.3 is 0 Å². The summed E-state index contributed by atoms with van der Waals surface area (Å²) in [4.78, 5) is 4.29. The monoisotopic (exact) mass is 274 g/mol. The maximum absolute atomic E-state index is 10.5. The van der Waals surface area contributed by atoms with Gasteiger partial charge in [-0.15, -0.1) is 0 Å². The van der Waals surface area contributed by atoms with E-state index < -0.39 is 11.5 Å². The van der Waals surface area contributed by atoms with Crippen LogP contribution in [0, 0.1) is 16.7 Å². The number of hydrogen-bond donors (Lipinski definition) is 1. The molecule has 1 aromatic heterocycles. The van der Waals surface area contributed by atoms with Crippen LogP contribution in [0.2, 0.25) is 5.02 Å².